The molecule has 0 radical (unpaired) electrons. The van der Waals surface area contributed by atoms with Crippen LogP contribution < -0.4 is 15.4 Å². The number of hydrogen-bond acceptors (Lipinski definition) is 9. The summed E-state index contributed by atoms with van der Waals surface area (Å²) in [6.45, 7) is 5.48. The molecule has 0 saturated carbocycles. The van der Waals surface area contributed by atoms with Gasteiger partial charge in [0.1, 0.15) is 29.3 Å². The predicted molar refractivity (Wildman–Crippen MR) is 159 cm³/mol. The Hall–Kier alpha value is -3.91. The molecule has 0 unspecified atom stereocenters. The number of fused-ring (bicyclic) bond motifs is 1. The Morgan fingerprint density at radius 3 is 2.59 bits per heavy atom. The fourth-order valence-corrected chi connectivity index (χ4v) is 6.74. The fourth-order valence-electron chi connectivity index (χ4n) is 5.06. The highest BCUT2D eigenvalue weighted by Gasteiger charge is 2.34. The van der Waals surface area contributed by atoms with Crippen molar-refractivity contribution in [1.29, 1.82) is 0 Å². The molecule has 2 atom stereocenters. The van der Waals surface area contributed by atoms with E-state index < -0.39 is 45.7 Å². The number of benzene rings is 2. The smallest absolute Gasteiger partial charge is 0.261 e. The number of ether oxygens (including phenoxy) is 1. The topological polar surface area (TPSA) is 119 Å². The summed E-state index contributed by atoms with van der Waals surface area (Å²) in [6.07, 6.45) is 1.76. The Kier molecular flexibility index (Phi) is 9.02. The Morgan fingerprint density at radius 1 is 1.07 bits per heavy atom. The maximum absolute atomic E-state index is 15.0. The van der Waals surface area contributed by atoms with Gasteiger partial charge >= 0.3 is 0 Å². The molecule has 1 aliphatic heterocycles. The zero-order valence-electron chi connectivity index (χ0n) is 24.4. The quantitative estimate of drug-likeness (QED) is 0.212. The van der Waals surface area contributed by atoms with Crippen molar-refractivity contribution in [3.63, 3.8) is 0 Å². The normalized spacial score (nSPS) is 17.5. The zero-order chi connectivity index (χ0) is 31.6. The molecule has 44 heavy (non-hydrogen) atoms. The molecular weight excluding hydrogens is 600 g/mol. The van der Waals surface area contributed by atoms with Crippen LogP contribution in [0, 0.1) is 19.7 Å². The molecule has 1 saturated heterocycles. The molecule has 1 fully saturated rings. The Morgan fingerprint density at radius 2 is 1.84 bits per heavy atom. The zero-order valence-corrected chi connectivity index (χ0v) is 25.2. The molecule has 0 aliphatic carbocycles. The molecule has 0 bridgehead atoms. The standard InChI is InChI=1S/C30H32F4N6O3S/c1-4-30(33,34)16-44(41,42)15-24-21-6-5-17(2)27(22(21)7-8-25(24)32)43-28-23(14-37-18(3)38-28)26-9-10-36-29(40-26)39-20-11-19(31)12-35-13-20/h5-10,14,19-20,35H,4,11-13,15-16H2,1-3H3,(H,36,39,40)/t19-,20-/m0/s1. The van der Waals surface area contributed by atoms with Gasteiger partial charge in [-0.15, -0.1) is 0 Å². The summed E-state index contributed by atoms with van der Waals surface area (Å²) in [5, 5.41) is 6.75. The number of rotatable bonds is 10. The van der Waals surface area contributed by atoms with Gasteiger partial charge in [0.05, 0.1) is 17.0 Å². The van der Waals surface area contributed by atoms with Gasteiger partial charge in [-0.05, 0) is 43.0 Å². The first-order chi connectivity index (χ1) is 20.8. The fraction of sp³-hybridized carbons (Fsp3) is 0.400. The van der Waals surface area contributed by atoms with Crippen LogP contribution >= 0.6 is 0 Å². The number of aromatic nitrogens is 4. The van der Waals surface area contributed by atoms with Crippen LogP contribution in [0.15, 0.2) is 42.7 Å². The highest BCUT2D eigenvalue weighted by atomic mass is 32.2. The number of hydrogen-bond donors (Lipinski definition) is 2. The van der Waals surface area contributed by atoms with Gasteiger partial charge in [-0.1, -0.05) is 19.1 Å². The summed E-state index contributed by atoms with van der Waals surface area (Å²) in [6, 6.07) is 7.15. The van der Waals surface area contributed by atoms with Crippen molar-refractivity contribution >= 4 is 26.6 Å². The minimum atomic E-state index is -4.36. The molecule has 2 aromatic heterocycles. The van der Waals surface area contributed by atoms with E-state index in [1.807, 2.05) is 0 Å². The second-order valence-electron chi connectivity index (χ2n) is 10.9. The molecule has 0 spiro atoms. The van der Waals surface area contributed by atoms with E-state index in [1.165, 1.54) is 25.4 Å². The van der Waals surface area contributed by atoms with E-state index in [4.69, 9.17) is 4.74 Å². The van der Waals surface area contributed by atoms with Crippen LogP contribution in [-0.4, -0.2) is 65.3 Å². The van der Waals surface area contributed by atoms with Gasteiger partial charge < -0.3 is 15.4 Å². The number of alkyl halides is 3. The number of piperidine rings is 1. The van der Waals surface area contributed by atoms with Crippen molar-refractivity contribution < 1.29 is 30.7 Å². The van der Waals surface area contributed by atoms with Crippen LogP contribution in [-0.2, 0) is 15.6 Å². The number of nitrogens with zero attached hydrogens (tertiary/aromatic N) is 4. The van der Waals surface area contributed by atoms with Crippen molar-refractivity contribution in [3.8, 4) is 22.9 Å². The van der Waals surface area contributed by atoms with E-state index in [0.29, 0.717) is 47.5 Å². The van der Waals surface area contributed by atoms with Crippen LogP contribution in [0.2, 0.25) is 0 Å². The lowest BCUT2D eigenvalue weighted by Crippen LogP contribution is -2.44. The van der Waals surface area contributed by atoms with Gasteiger partial charge in [0.2, 0.25) is 11.8 Å². The van der Waals surface area contributed by atoms with Gasteiger partial charge in [-0.25, -0.2) is 40.9 Å². The molecular formula is C30H32F4N6O3S. The maximum Gasteiger partial charge on any atom is 0.261 e. The monoisotopic (exact) mass is 632 g/mol. The third kappa shape index (κ3) is 7.24. The van der Waals surface area contributed by atoms with E-state index in [-0.39, 0.29) is 34.6 Å². The van der Waals surface area contributed by atoms with E-state index in [0.717, 1.165) is 6.07 Å². The van der Waals surface area contributed by atoms with E-state index in [2.05, 4.69) is 30.6 Å². The second-order valence-corrected chi connectivity index (χ2v) is 13.0. The summed E-state index contributed by atoms with van der Waals surface area (Å²) < 4.78 is 88.5. The largest absolute Gasteiger partial charge is 0.437 e. The van der Waals surface area contributed by atoms with Crippen LogP contribution in [0.5, 0.6) is 11.6 Å². The number of halogens is 4. The predicted octanol–water partition coefficient (Wildman–Crippen LogP) is 5.71. The van der Waals surface area contributed by atoms with Crippen molar-refractivity contribution in [2.45, 2.75) is 57.5 Å². The average Bonchev–Trinajstić information content (AvgIpc) is 2.95. The number of nitrogens with one attached hydrogen (secondary N) is 2. The molecule has 14 heteroatoms. The first-order valence-electron chi connectivity index (χ1n) is 14.1. The highest BCUT2D eigenvalue weighted by Crippen LogP contribution is 2.39. The summed E-state index contributed by atoms with van der Waals surface area (Å²) in [5.41, 5.74) is 1.24. The van der Waals surface area contributed by atoms with E-state index in [1.54, 1.807) is 32.0 Å². The lowest BCUT2D eigenvalue weighted by Gasteiger charge is -2.26. The molecule has 3 heterocycles. The molecule has 2 aromatic carbocycles. The van der Waals surface area contributed by atoms with Gasteiger partial charge in [0.15, 0.2) is 9.84 Å². The van der Waals surface area contributed by atoms with Crippen LogP contribution in [0.1, 0.15) is 36.7 Å². The molecule has 5 rings (SSSR count). The third-order valence-corrected chi connectivity index (χ3v) is 8.94. The second kappa shape index (κ2) is 12.6. The Labute approximate surface area is 252 Å². The number of sulfone groups is 1. The maximum atomic E-state index is 15.0. The SMILES string of the molecule is CCC(F)(F)CS(=O)(=O)Cc1c(F)ccc2c(Oc3nc(C)ncc3-c3ccnc(N[C@@H]4CNC[C@@H](F)C4)n3)c(C)ccc12. The van der Waals surface area contributed by atoms with Crippen LogP contribution in [0.25, 0.3) is 22.0 Å². The highest BCUT2D eigenvalue weighted by molar-refractivity contribution is 7.90. The summed E-state index contributed by atoms with van der Waals surface area (Å²) in [5.74, 6) is -5.46. The number of anilines is 1. The third-order valence-electron chi connectivity index (χ3n) is 7.35. The van der Waals surface area contributed by atoms with Gasteiger partial charge in [-0.2, -0.15) is 4.98 Å². The van der Waals surface area contributed by atoms with Crippen molar-refractivity contribution in [3.05, 3.63) is 65.5 Å². The molecule has 1 aliphatic rings. The lowest BCUT2D eigenvalue weighted by molar-refractivity contribution is 0.0217. The Bertz CT molecular complexity index is 1790. The van der Waals surface area contributed by atoms with Gasteiger partial charge in [0, 0.05) is 55.3 Å². The minimum absolute atomic E-state index is 0.127. The Balaban J connectivity index is 1.51. The van der Waals surface area contributed by atoms with Crippen LogP contribution in [0.4, 0.5) is 23.5 Å². The first kappa shape index (κ1) is 31.5. The summed E-state index contributed by atoms with van der Waals surface area (Å²) >= 11 is 0. The molecule has 9 nitrogen and oxygen atoms in total. The molecule has 2 N–H and O–H groups in total. The van der Waals surface area contributed by atoms with Crippen molar-refractivity contribution in [2.24, 2.45) is 0 Å². The van der Waals surface area contributed by atoms with Crippen molar-refractivity contribution in [2.75, 3.05) is 24.2 Å². The summed E-state index contributed by atoms with van der Waals surface area (Å²) in [7, 11) is -4.36. The van der Waals surface area contributed by atoms with E-state index in [9.17, 15) is 21.6 Å². The van der Waals surface area contributed by atoms with Crippen molar-refractivity contribution in [1.82, 2.24) is 25.3 Å². The summed E-state index contributed by atoms with van der Waals surface area (Å²) in [4.78, 5) is 17.6. The first-order valence-corrected chi connectivity index (χ1v) is 15.9. The lowest BCUT2D eigenvalue weighted by atomic mass is 10.0. The molecule has 4 aromatic rings. The average molecular weight is 633 g/mol. The molecule has 0 amide bonds. The number of aryl methyl sites for hydroxylation is 2. The van der Waals surface area contributed by atoms with Crippen LogP contribution in [0.3, 0.4) is 0 Å². The van der Waals surface area contributed by atoms with Gasteiger partial charge in [0.25, 0.3) is 5.92 Å². The van der Waals surface area contributed by atoms with Gasteiger partial charge in [-0.3, -0.25) is 0 Å². The van der Waals surface area contributed by atoms with E-state index >= 15 is 4.39 Å². The molecule has 234 valence electrons. The minimum Gasteiger partial charge on any atom is -0.437 e.